The van der Waals surface area contributed by atoms with Gasteiger partial charge in [-0.25, -0.2) is 0 Å². The molecule has 0 N–H and O–H groups in total. The lowest BCUT2D eigenvalue weighted by Crippen LogP contribution is -2.51. The zero-order chi connectivity index (χ0) is 23.8. The predicted molar refractivity (Wildman–Crippen MR) is 141 cm³/mol. The number of ether oxygens (including phenoxy) is 1. The van der Waals surface area contributed by atoms with Crippen molar-refractivity contribution in [1.82, 2.24) is 0 Å². The van der Waals surface area contributed by atoms with Crippen LogP contribution in [0.5, 0.6) is 0 Å². The van der Waals surface area contributed by atoms with E-state index in [2.05, 4.69) is 56.6 Å². The Morgan fingerprint density at radius 3 is 2.61 bits per heavy atom. The van der Waals surface area contributed by atoms with Gasteiger partial charge in [-0.2, -0.15) is 0 Å². The molecule has 4 aliphatic carbocycles. The summed E-state index contributed by atoms with van der Waals surface area (Å²) in [7, 11) is 0. The highest BCUT2D eigenvalue weighted by Gasteiger charge is 2.59. The number of hydrogen-bond donors (Lipinski definition) is 0. The maximum Gasteiger partial charge on any atom is 0.306 e. The Balaban J connectivity index is 1.43. The molecule has 2 nitrogen and oxygen atoms in total. The van der Waals surface area contributed by atoms with Gasteiger partial charge in [0.05, 0.1) is 6.42 Å². The van der Waals surface area contributed by atoms with Gasteiger partial charge in [-0.1, -0.05) is 81.5 Å². The fourth-order valence-electron chi connectivity index (χ4n) is 9.07. The van der Waals surface area contributed by atoms with Crippen molar-refractivity contribution in [3.63, 3.8) is 0 Å². The van der Waals surface area contributed by atoms with Crippen molar-refractivity contribution in [2.24, 2.45) is 46.3 Å². The molecule has 8 atom stereocenters. The average Bonchev–Trinajstić information content (AvgIpc) is 3.11. The SMILES string of the molecule is CC(C)CCC[C@@H](C)[C@H]1CC[C@H]2[C@@H]3CC=C4C[C@@H](OC(=O)CCBr)CC[C@]4(C)[C@H]3CC[C@]12C. The lowest BCUT2D eigenvalue weighted by Gasteiger charge is -2.58. The molecule has 0 aromatic carbocycles. The molecule has 0 aromatic heterocycles. The highest BCUT2D eigenvalue weighted by atomic mass is 79.9. The number of rotatable bonds is 8. The molecule has 4 aliphatic rings. The Bertz CT molecular complexity index is 729. The van der Waals surface area contributed by atoms with Crippen LogP contribution in [-0.2, 0) is 9.53 Å². The van der Waals surface area contributed by atoms with Gasteiger partial charge in [-0.15, -0.1) is 0 Å². The van der Waals surface area contributed by atoms with E-state index in [9.17, 15) is 4.79 Å². The molecule has 0 radical (unpaired) electrons. The Hall–Kier alpha value is -0.310. The molecular weight excluding hydrogens is 472 g/mol. The van der Waals surface area contributed by atoms with Gasteiger partial charge in [0.2, 0.25) is 0 Å². The third-order valence-electron chi connectivity index (χ3n) is 10.9. The Labute approximate surface area is 212 Å². The van der Waals surface area contributed by atoms with Gasteiger partial charge in [0.1, 0.15) is 6.10 Å². The van der Waals surface area contributed by atoms with Crippen molar-refractivity contribution in [3.05, 3.63) is 11.6 Å². The maximum absolute atomic E-state index is 12.1. The Morgan fingerprint density at radius 2 is 1.88 bits per heavy atom. The Morgan fingerprint density at radius 1 is 1.09 bits per heavy atom. The molecule has 4 rings (SSSR count). The number of esters is 1. The molecule has 3 fully saturated rings. The van der Waals surface area contributed by atoms with Crippen LogP contribution in [0, 0.1) is 46.3 Å². The first kappa shape index (κ1) is 25.8. The minimum absolute atomic E-state index is 0.0392. The third-order valence-corrected chi connectivity index (χ3v) is 11.3. The van der Waals surface area contributed by atoms with Gasteiger partial charge in [-0.3, -0.25) is 4.79 Å². The van der Waals surface area contributed by atoms with Crippen LogP contribution in [0.3, 0.4) is 0 Å². The minimum atomic E-state index is -0.0392. The van der Waals surface area contributed by atoms with Gasteiger partial charge < -0.3 is 4.74 Å². The second kappa shape index (κ2) is 10.4. The number of hydrogen-bond acceptors (Lipinski definition) is 2. The van der Waals surface area contributed by atoms with Crippen molar-refractivity contribution in [2.45, 2.75) is 118 Å². The second-order valence-corrected chi connectivity index (χ2v) is 13.9. The van der Waals surface area contributed by atoms with Crippen LogP contribution in [0.25, 0.3) is 0 Å². The minimum Gasteiger partial charge on any atom is -0.462 e. The monoisotopic (exact) mass is 520 g/mol. The summed E-state index contributed by atoms with van der Waals surface area (Å²) < 4.78 is 5.82. The first-order valence-corrected chi connectivity index (χ1v) is 15.3. The molecule has 3 heteroatoms. The summed E-state index contributed by atoms with van der Waals surface area (Å²) in [5.41, 5.74) is 2.51. The number of carbonyl (C=O) groups excluding carboxylic acids is 1. The van der Waals surface area contributed by atoms with Crippen molar-refractivity contribution >= 4 is 21.9 Å². The van der Waals surface area contributed by atoms with Crippen molar-refractivity contribution in [2.75, 3.05) is 5.33 Å². The first-order chi connectivity index (χ1) is 15.7. The van der Waals surface area contributed by atoms with E-state index in [0.717, 1.165) is 48.3 Å². The number of alkyl halides is 1. The molecular formula is C30H49BrO2. The van der Waals surface area contributed by atoms with E-state index in [4.69, 9.17) is 4.74 Å². The lowest BCUT2D eigenvalue weighted by atomic mass is 9.47. The van der Waals surface area contributed by atoms with E-state index in [0.29, 0.717) is 22.6 Å². The van der Waals surface area contributed by atoms with Gasteiger partial charge in [0.25, 0.3) is 0 Å². The lowest BCUT2D eigenvalue weighted by molar-refractivity contribution is -0.151. The summed E-state index contributed by atoms with van der Waals surface area (Å²) >= 11 is 3.36. The second-order valence-electron chi connectivity index (χ2n) is 13.1. The van der Waals surface area contributed by atoms with E-state index in [1.807, 2.05) is 0 Å². The van der Waals surface area contributed by atoms with Crippen LogP contribution in [-0.4, -0.2) is 17.4 Å². The van der Waals surface area contributed by atoms with E-state index < -0.39 is 0 Å². The standard InChI is InChI=1S/C30H49BrO2/c1-20(2)7-6-8-21(3)25-11-12-26-24-10-9-22-19-23(33-28(32)15-18-31)13-16-29(22,4)27(24)14-17-30(25,26)5/h9,20-21,23-27H,6-8,10-19H2,1-5H3/t21-,23+,24+,25-,26+,27+,29+,30-/m1/s1. The summed E-state index contributed by atoms with van der Waals surface area (Å²) in [6, 6.07) is 0. The topological polar surface area (TPSA) is 26.3 Å². The number of halogens is 1. The summed E-state index contributed by atoms with van der Waals surface area (Å²) in [6.45, 7) is 12.6. The van der Waals surface area contributed by atoms with Gasteiger partial charge in [0.15, 0.2) is 0 Å². The van der Waals surface area contributed by atoms with Crippen LogP contribution in [0.15, 0.2) is 11.6 Å². The normalized spacial score (nSPS) is 41.1. The fraction of sp³-hybridized carbons (Fsp3) is 0.900. The smallest absolute Gasteiger partial charge is 0.306 e. The summed E-state index contributed by atoms with van der Waals surface area (Å²) in [5.74, 6) is 5.23. The van der Waals surface area contributed by atoms with E-state index in [-0.39, 0.29) is 12.1 Å². The summed E-state index contributed by atoms with van der Waals surface area (Å²) in [4.78, 5) is 12.1. The Kier molecular flexibility index (Phi) is 8.09. The van der Waals surface area contributed by atoms with Gasteiger partial charge >= 0.3 is 5.97 Å². The predicted octanol–water partition coefficient (Wildman–Crippen LogP) is 8.72. The quantitative estimate of drug-likeness (QED) is 0.181. The molecule has 0 aromatic rings. The zero-order valence-electron chi connectivity index (χ0n) is 22.0. The molecule has 0 bridgehead atoms. The largest absolute Gasteiger partial charge is 0.462 e. The first-order valence-electron chi connectivity index (χ1n) is 14.1. The molecule has 0 heterocycles. The number of fused-ring (bicyclic) bond motifs is 5. The average molecular weight is 522 g/mol. The van der Waals surface area contributed by atoms with Gasteiger partial charge in [-0.05, 0) is 91.3 Å². The molecule has 3 saturated carbocycles. The van der Waals surface area contributed by atoms with Crippen LogP contribution in [0.2, 0.25) is 0 Å². The molecule has 0 aliphatic heterocycles. The van der Waals surface area contributed by atoms with Crippen molar-refractivity contribution < 1.29 is 9.53 Å². The maximum atomic E-state index is 12.1. The van der Waals surface area contributed by atoms with Crippen LogP contribution >= 0.6 is 15.9 Å². The number of allylic oxidation sites excluding steroid dienone is 1. The van der Waals surface area contributed by atoms with Crippen molar-refractivity contribution in [3.8, 4) is 0 Å². The third kappa shape index (κ3) is 5.01. The summed E-state index contributed by atoms with van der Waals surface area (Å²) in [6.07, 6.45) is 17.7. The van der Waals surface area contributed by atoms with Crippen LogP contribution in [0.1, 0.15) is 112 Å². The molecule has 33 heavy (non-hydrogen) atoms. The molecule has 0 spiro atoms. The van der Waals surface area contributed by atoms with Crippen LogP contribution < -0.4 is 0 Å². The highest BCUT2D eigenvalue weighted by molar-refractivity contribution is 9.09. The van der Waals surface area contributed by atoms with E-state index >= 15 is 0 Å². The zero-order valence-corrected chi connectivity index (χ0v) is 23.6. The van der Waals surface area contributed by atoms with E-state index in [1.54, 1.807) is 5.57 Å². The molecule has 188 valence electrons. The molecule has 0 unspecified atom stereocenters. The summed E-state index contributed by atoms with van der Waals surface area (Å²) in [5, 5.41) is 0.695. The van der Waals surface area contributed by atoms with Crippen molar-refractivity contribution in [1.29, 1.82) is 0 Å². The van der Waals surface area contributed by atoms with Gasteiger partial charge in [0, 0.05) is 11.8 Å². The van der Waals surface area contributed by atoms with E-state index in [1.165, 1.54) is 57.8 Å². The molecule has 0 saturated heterocycles. The highest BCUT2D eigenvalue weighted by Crippen LogP contribution is 2.67. The van der Waals surface area contributed by atoms with Crippen LogP contribution in [0.4, 0.5) is 0 Å². The number of carbonyl (C=O) groups is 1. The molecule has 0 amide bonds. The fourth-order valence-corrected chi connectivity index (χ4v) is 9.40.